The van der Waals surface area contributed by atoms with Gasteiger partial charge in [-0.3, -0.25) is 9.59 Å². The number of likely N-dealkylation sites (tertiary alicyclic amines) is 1. The Kier molecular flexibility index (Phi) is 3.18. The van der Waals surface area contributed by atoms with Crippen molar-refractivity contribution in [2.75, 3.05) is 13.1 Å². The number of aliphatic carboxylic acids is 1. The molecule has 3 rings (SSSR count). The largest absolute Gasteiger partial charge is 0.481 e. The van der Waals surface area contributed by atoms with Gasteiger partial charge in [0, 0.05) is 31.0 Å². The van der Waals surface area contributed by atoms with Gasteiger partial charge in [-0.05, 0) is 31.0 Å². The minimum absolute atomic E-state index is 0.0162. The second-order valence-electron chi connectivity index (χ2n) is 5.17. The van der Waals surface area contributed by atoms with E-state index in [0.717, 1.165) is 5.52 Å². The van der Waals surface area contributed by atoms with E-state index < -0.39 is 5.97 Å². The molecular weight excluding hydrogens is 256 g/mol. The number of amides is 1. The molecule has 104 valence electrons. The van der Waals surface area contributed by atoms with Gasteiger partial charge in [0.1, 0.15) is 0 Å². The van der Waals surface area contributed by atoms with Crippen molar-refractivity contribution in [3.8, 4) is 0 Å². The fourth-order valence-electron chi connectivity index (χ4n) is 2.68. The quantitative estimate of drug-likeness (QED) is 0.908. The number of hydrogen-bond acceptors (Lipinski definition) is 2. The highest BCUT2D eigenvalue weighted by Crippen LogP contribution is 2.20. The van der Waals surface area contributed by atoms with Crippen LogP contribution in [0.5, 0.6) is 0 Å². The Morgan fingerprint density at radius 3 is 2.60 bits per heavy atom. The molecule has 3 heterocycles. The van der Waals surface area contributed by atoms with E-state index >= 15 is 0 Å². The number of nitrogens with zero attached hydrogens (tertiary/aromatic N) is 2. The second kappa shape index (κ2) is 5.00. The molecule has 0 atom stereocenters. The monoisotopic (exact) mass is 272 g/mol. The highest BCUT2D eigenvalue weighted by atomic mass is 16.4. The summed E-state index contributed by atoms with van der Waals surface area (Å²) in [5.41, 5.74) is 1.64. The third-order valence-electron chi connectivity index (χ3n) is 3.88. The van der Waals surface area contributed by atoms with Gasteiger partial charge < -0.3 is 14.4 Å². The molecule has 0 aliphatic carbocycles. The molecule has 0 radical (unpaired) electrons. The van der Waals surface area contributed by atoms with Crippen LogP contribution in [0.2, 0.25) is 0 Å². The number of carbonyl (C=O) groups is 2. The number of carbonyl (C=O) groups excluding carboxylic acids is 1. The Hall–Kier alpha value is -2.30. The zero-order valence-electron chi connectivity index (χ0n) is 11.0. The van der Waals surface area contributed by atoms with Crippen LogP contribution in [0.15, 0.2) is 36.7 Å². The molecule has 0 saturated carbocycles. The van der Waals surface area contributed by atoms with E-state index in [2.05, 4.69) is 0 Å². The van der Waals surface area contributed by atoms with Gasteiger partial charge in [0.25, 0.3) is 5.91 Å². The summed E-state index contributed by atoms with van der Waals surface area (Å²) in [5, 5.41) is 8.97. The van der Waals surface area contributed by atoms with Crippen LogP contribution in [-0.4, -0.2) is 39.4 Å². The van der Waals surface area contributed by atoms with E-state index in [1.54, 1.807) is 4.90 Å². The number of piperidine rings is 1. The summed E-state index contributed by atoms with van der Waals surface area (Å²) in [4.78, 5) is 25.1. The van der Waals surface area contributed by atoms with E-state index in [9.17, 15) is 9.59 Å². The van der Waals surface area contributed by atoms with Crippen LogP contribution in [0.3, 0.4) is 0 Å². The second-order valence-corrected chi connectivity index (χ2v) is 5.17. The van der Waals surface area contributed by atoms with Gasteiger partial charge in [0.15, 0.2) is 0 Å². The minimum atomic E-state index is -0.758. The molecule has 0 unspecified atom stereocenters. The number of rotatable bonds is 2. The van der Waals surface area contributed by atoms with Gasteiger partial charge in [0.2, 0.25) is 0 Å². The van der Waals surface area contributed by atoms with Crippen molar-refractivity contribution < 1.29 is 14.7 Å². The Balaban J connectivity index is 1.75. The van der Waals surface area contributed by atoms with Crippen LogP contribution >= 0.6 is 0 Å². The van der Waals surface area contributed by atoms with Crippen LogP contribution in [0.4, 0.5) is 0 Å². The fourth-order valence-corrected chi connectivity index (χ4v) is 2.68. The lowest BCUT2D eigenvalue weighted by atomic mass is 9.97. The van der Waals surface area contributed by atoms with Crippen molar-refractivity contribution in [3.63, 3.8) is 0 Å². The third-order valence-corrected chi connectivity index (χ3v) is 3.88. The Morgan fingerprint density at radius 1 is 1.20 bits per heavy atom. The van der Waals surface area contributed by atoms with Crippen molar-refractivity contribution in [3.05, 3.63) is 42.2 Å². The molecule has 1 aliphatic rings. The maximum Gasteiger partial charge on any atom is 0.306 e. The molecule has 1 saturated heterocycles. The molecule has 5 nitrogen and oxygen atoms in total. The van der Waals surface area contributed by atoms with E-state index in [-0.39, 0.29) is 11.8 Å². The maximum absolute atomic E-state index is 12.4. The van der Waals surface area contributed by atoms with Gasteiger partial charge in [-0.15, -0.1) is 0 Å². The van der Waals surface area contributed by atoms with Crippen molar-refractivity contribution in [2.24, 2.45) is 5.92 Å². The molecule has 0 bridgehead atoms. The molecule has 2 aromatic heterocycles. The average Bonchev–Trinajstić information content (AvgIpc) is 2.90. The number of carboxylic acid groups (broad SMARTS) is 1. The number of carboxylic acids is 1. The predicted octanol–water partition coefficient (Wildman–Crippen LogP) is 1.88. The lowest BCUT2D eigenvalue weighted by molar-refractivity contribution is -0.143. The summed E-state index contributed by atoms with van der Waals surface area (Å²) >= 11 is 0. The highest BCUT2D eigenvalue weighted by molar-refractivity contribution is 5.95. The fraction of sp³-hybridized carbons (Fsp3) is 0.333. The normalized spacial score (nSPS) is 16.5. The summed E-state index contributed by atoms with van der Waals surface area (Å²) < 4.78 is 1.91. The number of fused-ring (bicyclic) bond motifs is 1. The first kappa shape index (κ1) is 12.7. The lowest BCUT2D eigenvalue weighted by Crippen LogP contribution is -2.40. The van der Waals surface area contributed by atoms with Crippen molar-refractivity contribution in [2.45, 2.75) is 12.8 Å². The summed E-state index contributed by atoms with van der Waals surface area (Å²) in [6, 6.07) is 7.67. The SMILES string of the molecule is O=C(O)C1CCN(C(=O)c2cc3ccccn3c2)CC1. The molecule has 1 aliphatic heterocycles. The molecule has 2 aromatic rings. The smallest absolute Gasteiger partial charge is 0.306 e. The van der Waals surface area contributed by atoms with Gasteiger partial charge in [-0.25, -0.2) is 0 Å². The summed E-state index contributed by atoms with van der Waals surface area (Å²) in [6.07, 6.45) is 4.80. The number of hydrogen-bond donors (Lipinski definition) is 1. The molecule has 0 spiro atoms. The molecule has 20 heavy (non-hydrogen) atoms. The van der Waals surface area contributed by atoms with Crippen LogP contribution in [-0.2, 0) is 4.79 Å². The average molecular weight is 272 g/mol. The summed E-state index contributed by atoms with van der Waals surface area (Å²) in [7, 11) is 0. The maximum atomic E-state index is 12.4. The summed E-state index contributed by atoms with van der Waals surface area (Å²) in [5.74, 6) is -1.09. The van der Waals surface area contributed by atoms with Crippen LogP contribution in [0, 0.1) is 5.92 Å². The van der Waals surface area contributed by atoms with Crippen LogP contribution in [0.1, 0.15) is 23.2 Å². The molecule has 0 aromatic carbocycles. The van der Waals surface area contributed by atoms with Gasteiger partial charge in [-0.2, -0.15) is 0 Å². The minimum Gasteiger partial charge on any atom is -0.481 e. The molecule has 5 heteroatoms. The Bertz CT molecular complexity index is 621. The zero-order valence-corrected chi connectivity index (χ0v) is 11.0. The first-order chi connectivity index (χ1) is 9.65. The van der Waals surface area contributed by atoms with Gasteiger partial charge in [0.05, 0.1) is 11.5 Å². The molecule has 1 N–H and O–H groups in total. The van der Waals surface area contributed by atoms with E-state index in [4.69, 9.17) is 5.11 Å². The molecule has 1 fully saturated rings. The zero-order chi connectivity index (χ0) is 14.1. The molecular formula is C15H16N2O3. The van der Waals surface area contributed by atoms with E-state index in [1.165, 1.54) is 0 Å². The Morgan fingerprint density at radius 2 is 1.95 bits per heavy atom. The summed E-state index contributed by atoms with van der Waals surface area (Å²) in [6.45, 7) is 1.03. The van der Waals surface area contributed by atoms with E-state index in [1.807, 2.05) is 41.1 Å². The predicted molar refractivity (Wildman–Crippen MR) is 73.7 cm³/mol. The Labute approximate surface area is 116 Å². The van der Waals surface area contributed by atoms with Crippen molar-refractivity contribution >= 4 is 17.4 Å². The first-order valence-corrected chi connectivity index (χ1v) is 6.74. The first-order valence-electron chi connectivity index (χ1n) is 6.74. The van der Waals surface area contributed by atoms with Crippen LogP contribution < -0.4 is 0 Å². The standard InChI is InChI=1S/C15H16N2O3/c18-14(16-7-4-11(5-8-16)15(19)20)12-9-13-3-1-2-6-17(13)10-12/h1-3,6,9-11H,4-5,7-8H2,(H,19,20). The number of aromatic nitrogens is 1. The third kappa shape index (κ3) is 2.27. The lowest BCUT2D eigenvalue weighted by Gasteiger charge is -2.29. The van der Waals surface area contributed by atoms with E-state index in [0.29, 0.717) is 31.5 Å². The van der Waals surface area contributed by atoms with Crippen molar-refractivity contribution in [1.82, 2.24) is 9.30 Å². The highest BCUT2D eigenvalue weighted by Gasteiger charge is 2.27. The van der Waals surface area contributed by atoms with Gasteiger partial charge >= 0.3 is 5.97 Å². The topological polar surface area (TPSA) is 62.0 Å². The van der Waals surface area contributed by atoms with Crippen LogP contribution in [0.25, 0.3) is 5.52 Å². The van der Waals surface area contributed by atoms with Crippen molar-refractivity contribution in [1.29, 1.82) is 0 Å². The molecule has 1 amide bonds. The van der Waals surface area contributed by atoms with Gasteiger partial charge in [-0.1, -0.05) is 6.07 Å². The number of pyridine rings is 1.